The van der Waals surface area contributed by atoms with Gasteiger partial charge in [0.05, 0.1) is 23.0 Å². The summed E-state index contributed by atoms with van der Waals surface area (Å²) in [6.45, 7) is 0. The Balaban J connectivity index is 2.18. The highest BCUT2D eigenvalue weighted by Crippen LogP contribution is 2.36. The summed E-state index contributed by atoms with van der Waals surface area (Å²) >= 11 is 3.43. The topological polar surface area (TPSA) is 71.9 Å². The quantitative estimate of drug-likeness (QED) is 0.757. The van der Waals surface area contributed by atoms with Gasteiger partial charge in [0.15, 0.2) is 5.75 Å². The summed E-state index contributed by atoms with van der Waals surface area (Å²) < 4.78 is 6.79. The Morgan fingerprint density at radius 3 is 2.81 bits per heavy atom. The van der Waals surface area contributed by atoms with Crippen molar-refractivity contribution in [3.63, 3.8) is 0 Å². The molecule has 102 valence electrons. The van der Waals surface area contributed by atoms with Gasteiger partial charge in [0.1, 0.15) is 11.8 Å². The number of benzene rings is 2. The van der Waals surface area contributed by atoms with E-state index in [0.717, 1.165) is 15.4 Å². The molecule has 0 spiro atoms. The minimum Gasteiger partial charge on any atom is -0.453 e. The number of nitriles is 1. The SMILES string of the molecule is N#Cc1ccccc1Oc1c(N)cnc2ccc(Br)cc12. The number of halogens is 1. The molecule has 0 bridgehead atoms. The molecule has 0 saturated heterocycles. The second-order valence-electron chi connectivity index (χ2n) is 4.41. The number of para-hydroxylation sites is 1. The molecule has 1 aromatic heterocycles. The van der Waals surface area contributed by atoms with Crippen LogP contribution in [0.1, 0.15) is 5.56 Å². The number of hydrogen-bond acceptors (Lipinski definition) is 4. The molecular formula is C16H10BrN3O. The lowest BCUT2D eigenvalue weighted by Crippen LogP contribution is -1.96. The molecule has 0 aliphatic rings. The third-order valence-corrected chi connectivity index (χ3v) is 3.52. The number of nitrogens with zero attached hydrogens (tertiary/aromatic N) is 2. The molecule has 0 amide bonds. The number of rotatable bonds is 2. The lowest BCUT2D eigenvalue weighted by molar-refractivity contribution is 0.488. The monoisotopic (exact) mass is 339 g/mol. The van der Waals surface area contributed by atoms with E-state index in [2.05, 4.69) is 27.0 Å². The van der Waals surface area contributed by atoms with Crippen LogP contribution in [0.2, 0.25) is 0 Å². The maximum absolute atomic E-state index is 9.14. The van der Waals surface area contributed by atoms with Gasteiger partial charge in [0.25, 0.3) is 0 Å². The number of ether oxygens (including phenoxy) is 1. The Kier molecular flexibility index (Phi) is 3.46. The second-order valence-corrected chi connectivity index (χ2v) is 5.33. The van der Waals surface area contributed by atoms with E-state index in [9.17, 15) is 0 Å². The first-order valence-electron chi connectivity index (χ1n) is 6.20. The Labute approximate surface area is 129 Å². The molecule has 0 radical (unpaired) electrons. The highest BCUT2D eigenvalue weighted by molar-refractivity contribution is 9.10. The number of pyridine rings is 1. The van der Waals surface area contributed by atoms with Crippen LogP contribution in [0.5, 0.6) is 11.5 Å². The summed E-state index contributed by atoms with van der Waals surface area (Å²) in [5.41, 5.74) is 7.65. The van der Waals surface area contributed by atoms with Gasteiger partial charge in [0.2, 0.25) is 0 Å². The fraction of sp³-hybridized carbons (Fsp3) is 0. The van der Waals surface area contributed by atoms with Crippen molar-refractivity contribution in [2.45, 2.75) is 0 Å². The molecule has 0 unspecified atom stereocenters. The number of anilines is 1. The van der Waals surface area contributed by atoms with Crippen LogP contribution in [0.15, 0.2) is 53.1 Å². The van der Waals surface area contributed by atoms with Gasteiger partial charge in [-0.3, -0.25) is 4.98 Å². The zero-order valence-electron chi connectivity index (χ0n) is 10.9. The molecule has 0 fully saturated rings. The third kappa shape index (κ3) is 2.54. The van der Waals surface area contributed by atoms with E-state index in [4.69, 9.17) is 15.7 Å². The number of hydrogen-bond donors (Lipinski definition) is 1. The fourth-order valence-electron chi connectivity index (χ4n) is 2.03. The summed E-state index contributed by atoms with van der Waals surface area (Å²) in [5, 5.41) is 9.93. The van der Waals surface area contributed by atoms with Gasteiger partial charge < -0.3 is 10.5 Å². The van der Waals surface area contributed by atoms with Crippen molar-refractivity contribution in [3.8, 4) is 17.6 Å². The zero-order valence-corrected chi connectivity index (χ0v) is 12.5. The fourth-order valence-corrected chi connectivity index (χ4v) is 2.39. The number of nitrogen functional groups attached to an aromatic ring is 1. The van der Waals surface area contributed by atoms with E-state index in [-0.39, 0.29) is 0 Å². The average Bonchev–Trinajstić information content (AvgIpc) is 2.50. The van der Waals surface area contributed by atoms with Gasteiger partial charge in [-0.2, -0.15) is 5.26 Å². The largest absolute Gasteiger partial charge is 0.453 e. The molecule has 21 heavy (non-hydrogen) atoms. The van der Waals surface area contributed by atoms with E-state index in [1.807, 2.05) is 24.3 Å². The zero-order chi connectivity index (χ0) is 14.8. The maximum atomic E-state index is 9.14. The second kappa shape index (κ2) is 5.43. The molecule has 2 N–H and O–H groups in total. The van der Waals surface area contributed by atoms with Crippen molar-refractivity contribution >= 4 is 32.5 Å². The normalized spacial score (nSPS) is 10.3. The van der Waals surface area contributed by atoms with Gasteiger partial charge in [-0.15, -0.1) is 0 Å². The van der Waals surface area contributed by atoms with Crippen molar-refractivity contribution in [3.05, 3.63) is 58.7 Å². The number of nitrogens with two attached hydrogens (primary N) is 1. The van der Waals surface area contributed by atoms with Crippen LogP contribution in [-0.2, 0) is 0 Å². The molecule has 0 aliphatic carbocycles. The van der Waals surface area contributed by atoms with Crippen LogP contribution in [0.25, 0.3) is 10.9 Å². The van der Waals surface area contributed by atoms with Crippen molar-refractivity contribution < 1.29 is 4.74 Å². The Morgan fingerprint density at radius 1 is 1.19 bits per heavy atom. The van der Waals surface area contributed by atoms with Crippen molar-refractivity contribution in [1.82, 2.24) is 4.98 Å². The van der Waals surface area contributed by atoms with E-state index >= 15 is 0 Å². The summed E-state index contributed by atoms with van der Waals surface area (Å²) in [7, 11) is 0. The predicted octanol–water partition coefficient (Wildman–Crippen LogP) is 4.24. The molecule has 1 heterocycles. The van der Waals surface area contributed by atoms with Crippen LogP contribution in [0.3, 0.4) is 0 Å². The van der Waals surface area contributed by atoms with Gasteiger partial charge in [-0.25, -0.2) is 0 Å². The molecule has 0 atom stereocenters. The lowest BCUT2D eigenvalue weighted by atomic mass is 10.2. The van der Waals surface area contributed by atoms with E-state index in [1.165, 1.54) is 0 Å². The minimum absolute atomic E-state index is 0.424. The highest BCUT2D eigenvalue weighted by Gasteiger charge is 2.12. The number of fused-ring (bicyclic) bond motifs is 1. The van der Waals surface area contributed by atoms with E-state index < -0.39 is 0 Å². The molecular weight excluding hydrogens is 330 g/mol. The molecule has 5 heteroatoms. The molecule has 4 nitrogen and oxygen atoms in total. The summed E-state index contributed by atoms with van der Waals surface area (Å²) in [6.07, 6.45) is 1.56. The molecule has 3 rings (SSSR count). The van der Waals surface area contributed by atoms with Crippen molar-refractivity contribution in [1.29, 1.82) is 5.26 Å². The van der Waals surface area contributed by atoms with E-state index in [1.54, 1.807) is 24.4 Å². The van der Waals surface area contributed by atoms with E-state index in [0.29, 0.717) is 22.7 Å². The first-order chi connectivity index (χ1) is 10.2. The third-order valence-electron chi connectivity index (χ3n) is 3.03. The molecule has 3 aromatic rings. The first kappa shape index (κ1) is 13.4. The molecule has 0 saturated carbocycles. The van der Waals surface area contributed by atoms with Crippen LogP contribution in [0, 0.1) is 11.3 Å². The summed E-state index contributed by atoms with van der Waals surface area (Å²) in [6, 6.07) is 14.8. The maximum Gasteiger partial charge on any atom is 0.161 e. The summed E-state index contributed by atoms with van der Waals surface area (Å²) in [5.74, 6) is 0.975. The van der Waals surface area contributed by atoms with Crippen molar-refractivity contribution in [2.24, 2.45) is 0 Å². The Hall–Kier alpha value is -2.58. The van der Waals surface area contributed by atoms with Crippen molar-refractivity contribution in [2.75, 3.05) is 5.73 Å². The number of aromatic nitrogens is 1. The smallest absolute Gasteiger partial charge is 0.161 e. The predicted molar refractivity (Wildman–Crippen MR) is 85.1 cm³/mol. The lowest BCUT2D eigenvalue weighted by Gasteiger charge is -2.12. The average molecular weight is 340 g/mol. The van der Waals surface area contributed by atoms with Crippen LogP contribution < -0.4 is 10.5 Å². The van der Waals surface area contributed by atoms with Gasteiger partial charge in [0, 0.05) is 9.86 Å². The Bertz CT molecular complexity index is 866. The summed E-state index contributed by atoms with van der Waals surface area (Å²) in [4.78, 5) is 4.28. The minimum atomic E-state index is 0.424. The van der Waals surface area contributed by atoms with Gasteiger partial charge >= 0.3 is 0 Å². The first-order valence-corrected chi connectivity index (χ1v) is 6.99. The highest BCUT2D eigenvalue weighted by atomic mass is 79.9. The molecule has 2 aromatic carbocycles. The van der Waals surface area contributed by atoms with Gasteiger partial charge in [-0.1, -0.05) is 28.1 Å². The Morgan fingerprint density at radius 2 is 2.00 bits per heavy atom. The standard InChI is InChI=1S/C16H10BrN3O/c17-11-5-6-14-12(7-11)16(13(19)9-20-14)21-15-4-2-1-3-10(15)8-18/h1-7,9H,19H2. The van der Waals surface area contributed by atoms with Crippen LogP contribution >= 0.6 is 15.9 Å². The van der Waals surface area contributed by atoms with Crippen LogP contribution in [-0.4, -0.2) is 4.98 Å². The molecule has 0 aliphatic heterocycles. The van der Waals surface area contributed by atoms with Gasteiger partial charge in [-0.05, 0) is 30.3 Å². The van der Waals surface area contributed by atoms with Crippen LogP contribution in [0.4, 0.5) is 5.69 Å².